The van der Waals surface area contributed by atoms with Crippen LogP contribution in [0.2, 0.25) is 0 Å². The predicted molar refractivity (Wildman–Crippen MR) is 91.8 cm³/mol. The van der Waals surface area contributed by atoms with Crippen molar-refractivity contribution in [3.8, 4) is 0 Å². The van der Waals surface area contributed by atoms with E-state index in [-0.39, 0.29) is 11.7 Å². The average Bonchev–Trinajstić information content (AvgIpc) is 3.11. The minimum atomic E-state index is -0.537. The third kappa shape index (κ3) is 4.63. The highest BCUT2D eigenvalue weighted by atomic mass is 16.6. The number of carbonyl (C=O) groups excluding carboxylic acids is 1. The molecule has 0 unspecified atom stereocenters. The van der Waals surface area contributed by atoms with Crippen LogP contribution in [0.1, 0.15) is 12.0 Å². The minimum absolute atomic E-state index is 0.0671. The molecule has 8 nitrogen and oxygen atoms in total. The van der Waals surface area contributed by atoms with E-state index < -0.39 is 4.92 Å². The molecule has 1 aliphatic rings. The Balaban J connectivity index is 1.42. The van der Waals surface area contributed by atoms with Crippen molar-refractivity contribution in [2.24, 2.45) is 0 Å². The SMILES string of the molecule is O=C(CCn1ccc([N+](=O)[O-])n1)N1CCN(Cc2ccccc2)CC1. The summed E-state index contributed by atoms with van der Waals surface area (Å²) in [6, 6.07) is 11.6. The molecule has 8 heteroatoms. The largest absolute Gasteiger partial charge is 0.389 e. The molecule has 0 aliphatic carbocycles. The molecule has 1 amide bonds. The molecule has 0 radical (unpaired) electrons. The average molecular weight is 343 g/mol. The zero-order valence-corrected chi connectivity index (χ0v) is 14.0. The van der Waals surface area contributed by atoms with E-state index >= 15 is 0 Å². The summed E-state index contributed by atoms with van der Waals surface area (Å²) in [7, 11) is 0. The number of nitro groups is 1. The van der Waals surface area contributed by atoms with Crippen LogP contribution in [-0.4, -0.2) is 56.6 Å². The van der Waals surface area contributed by atoms with Gasteiger partial charge in [-0.3, -0.25) is 9.69 Å². The number of rotatable bonds is 6. The van der Waals surface area contributed by atoms with Gasteiger partial charge in [0.15, 0.2) is 0 Å². The molecule has 0 N–H and O–H groups in total. The predicted octanol–water partition coefficient (Wildman–Crippen LogP) is 1.53. The maximum Gasteiger partial charge on any atom is 0.389 e. The Bertz CT molecular complexity index is 723. The van der Waals surface area contributed by atoms with Crippen LogP contribution in [0.15, 0.2) is 42.6 Å². The van der Waals surface area contributed by atoms with Gasteiger partial charge in [0.2, 0.25) is 5.91 Å². The number of carbonyl (C=O) groups is 1. The molecule has 1 aliphatic heterocycles. The van der Waals surface area contributed by atoms with E-state index in [0.717, 1.165) is 19.6 Å². The van der Waals surface area contributed by atoms with Gasteiger partial charge in [-0.05, 0) is 10.5 Å². The van der Waals surface area contributed by atoms with E-state index in [1.807, 2.05) is 23.1 Å². The van der Waals surface area contributed by atoms with E-state index in [0.29, 0.717) is 26.1 Å². The molecule has 132 valence electrons. The minimum Gasteiger partial charge on any atom is -0.358 e. The lowest BCUT2D eigenvalue weighted by Gasteiger charge is -2.34. The topological polar surface area (TPSA) is 84.5 Å². The molecule has 0 bridgehead atoms. The van der Waals surface area contributed by atoms with Gasteiger partial charge in [0.1, 0.15) is 0 Å². The summed E-state index contributed by atoms with van der Waals surface area (Å²) in [6.45, 7) is 4.40. The van der Waals surface area contributed by atoms with Gasteiger partial charge in [-0.15, -0.1) is 0 Å². The Morgan fingerprint density at radius 1 is 1.12 bits per heavy atom. The summed E-state index contributed by atoms with van der Waals surface area (Å²) in [5.74, 6) is -0.125. The second-order valence-electron chi connectivity index (χ2n) is 6.09. The Morgan fingerprint density at radius 2 is 1.84 bits per heavy atom. The molecule has 1 aromatic heterocycles. The first kappa shape index (κ1) is 17.1. The number of aryl methyl sites for hydroxylation is 1. The first-order valence-corrected chi connectivity index (χ1v) is 8.34. The summed E-state index contributed by atoms with van der Waals surface area (Å²) >= 11 is 0. The summed E-state index contributed by atoms with van der Waals surface area (Å²) < 4.78 is 1.45. The number of piperazine rings is 1. The summed E-state index contributed by atoms with van der Waals surface area (Å²) in [6.07, 6.45) is 1.83. The first-order chi connectivity index (χ1) is 12.1. The normalized spacial score (nSPS) is 15.3. The number of aromatic nitrogens is 2. The second kappa shape index (κ2) is 7.89. The lowest BCUT2D eigenvalue weighted by Crippen LogP contribution is -2.48. The fourth-order valence-corrected chi connectivity index (χ4v) is 2.94. The highest BCUT2D eigenvalue weighted by Crippen LogP contribution is 2.10. The standard InChI is InChI=1S/C17H21N5O3/c23-17(7-9-21-8-6-16(18-21)22(24)25)20-12-10-19(11-13-20)14-15-4-2-1-3-5-15/h1-6,8H,7,9-14H2. The number of hydrogen-bond donors (Lipinski definition) is 0. The van der Waals surface area contributed by atoms with Crippen LogP contribution in [-0.2, 0) is 17.9 Å². The Labute approximate surface area is 145 Å². The molecule has 25 heavy (non-hydrogen) atoms. The lowest BCUT2D eigenvalue weighted by molar-refractivity contribution is -0.389. The Kier molecular flexibility index (Phi) is 5.39. The van der Waals surface area contributed by atoms with Crippen LogP contribution in [0.5, 0.6) is 0 Å². The Morgan fingerprint density at radius 3 is 2.48 bits per heavy atom. The van der Waals surface area contributed by atoms with Crippen molar-refractivity contribution < 1.29 is 9.72 Å². The summed E-state index contributed by atoms with van der Waals surface area (Å²) in [5.41, 5.74) is 1.28. The molecule has 3 rings (SSSR count). The quantitative estimate of drug-likeness (QED) is 0.586. The molecule has 0 spiro atoms. The smallest absolute Gasteiger partial charge is 0.358 e. The summed E-state index contributed by atoms with van der Waals surface area (Å²) in [5, 5.41) is 14.4. The van der Waals surface area contributed by atoms with Crippen molar-refractivity contribution in [2.75, 3.05) is 26.2 Å². The number of hydrogen-bond acceptors (Lipinski definition) is 5. The molecule has 1 aromatic carbocycles. The molecule has 0 saturated carbocycles. The third-order valence-electron chi connectivity index (χ3n) is 4.34. The number of benzene rings is 1. The fourth-order valence-electron chi connectivity index (χ4n) is 2.94. The van der Waals surface area contributed by atoms with Gasteiger partial charge < -0.3 is 15.0 Å². The summed E-state index contributed by atoms with van der Waals surface area (Å²) in [4.78, 5) is 26.6. The van der Waals surface area contributed by atoms with Crippen molar-refractivity contribution in [1.29, 1.82) is 0 Å². The van der Waals surface area contributed by atoms with Crippen LogP contribution in [0.25, 0.3) is 0 Å². The van der Waals surface area contributed by atoms with Crippen LogP contribution >= 0.6 is 0 Å². The van der Waals surface area contributed by atoms with Gasteiger partial charge in [-0.1, -0.05) is 30.3 Å². The van der Waals surface area contributed by atoms with Crippen LogP contribution in [0.4, 0.5) is 5.82 Å². The third-order valence-corrected chi connectivity index (χ3v) is 4.34. The van der Waals surface area contributed by atoms with E-state index in [1.165, 1.54) is 22.5 Å². The highest BCUT2D eigenvalue weighted by Gasteiger charge is 2.21. The zero-order chi connectivity index (χ0) is 17.6. The maximum absolute atomic E-state index is 12.3. The highest BCUT2D eigenvalue weighted by molar-refractivity contribution is 5.76. The molecule has 2 aromatic rings. The van der Waals surface area contributed by atoms with Gasteiger partial charge in [-0.2, -0.15) is 4.68 Å². The lowest BCUT2D eigenvalue weighted by atomic mass is 10.2. The van der Waals surface area contributed by atoms with Crippen molar-refractivity contribution >= 4 is 11.7 Å². The van der Waals surface area contributed by atoms with E-state index in [2.05, 4.69) is 22.1 Å². The van der Waals surface area contributed by atoms with E-state index in [1.54, 1.807) is 0 Å². The monoisotopic (exact) mass is 343 g/mol. The van der Waals surface area contributed by atoms with Crippen molar-refractivity contribution in [2.45, 2.75) is 19.5 Å². The van der Waals surface area contributed by atoms with Crippen molar-refractivity contribution in [1.82, 2.24) is 19.6 Å². The maximum atomic E-state index is 12.3. The van der Waals surface area contributed by atoms with E-state index in [9.17, 15) is 14.9 Å². The Hall–Kier alpha value is -2.74. The molecule has 2 heterocycles. The van der Waals surface area contributed by atoms with E-state index in [4.69, 9.17) is 0 Å². The molecule has 0 atom stereocenters. The van der Waals surface area contributed by atoms with Crippen LogP contribution in [0, 0.1) is 10.1 Å². The fraction of sp³-hybridized carbons (Fsp3) is 0.412. The molecular weight excluding hydrogens is 322 g/mol. The molecule has 1 fully saturated rings. The molecule has 1 saturated heterocycles. The number of nitrogens with zero attached hydrogens (tertiary/aromatic N) is 5. The van der Waals surface area contributed by atoms with Gasteiger partial charge in [-0.25, -0.2) is 0 Å². The van der Waals surface area contributed by atoms with Gasteiger partial charge in [0.25, 0.3) is 0 Å². The van der Waals surface area contributed by atoms with Crippen molar-refractivity contribution in [3.05, 3.63) is 58.3 Å². The van der Waals surface area contributed by atoms with Gasteiger partial charge in [0.05, 0.1) is 23.9 Å². The number of amides is 1. The zero-order valence-electron chi connectivity index (χ0n) is 14.0. The van der Waals surface area contributed by atoms with Crippen LogP contribution in [0.3, 0.4) is 0 Å². The van der Waals surface area contributed by atoms with Gasteiger partial charge in [0, 0.05) is 39.1 Å². The van der Waals surface area contributed by atoms with Crippen molar-refractivity contribution in [3.63, 3.8) is 0 Å². The molecular formula is C17H21N5O3. The second-order valence-corrected chi connectivity index (χ2v) is 6.09. The first-order valence-electron chi connectivity index (χ1n) is 8.34. The van der Waals surface area contributed by atoms with Gasteiger partial charge >= 0.3 is 5.82 Å². The van der Waals surface area contributed by atoms with Crippen LogP contribution < -0.4 is 0 Å².